The molecular formula is C44H26N6S. The maximum Gasteiger partial charge on any atom is 0.238 e. The van der Waals surface area contributed by atoms with Crippen LogP contribution >= 0.6 is 11.3 Å². The van der Waals surface area contributed by atoms with Crippen LogP contribution in [0.1, 0.15) is 0 Å². The lowest BCUT2D eigenvalue weighted by Gasteiger charge is -2.15. The SMILES string of the molecule is c1ccc(-c2nc(-c3ccccc3-n3c4ccccc4c4ccncc43)nc(-n3c4ccccc4c4c5c(ccc43)sc3ccccc35)n2)cc1. The fourth-order valence-corrected chi connectivity index (χ4v) is 8.84. The Bertz CT molecular complexity index is 3100. The molecule has 5 aromatic heterocycles. The molecule has 0 saturated carbocycles. The number of aromatic nitrogens is 6. The van der Waals surface area contributed by atoms with Gasteiger partial charge in [0, 0.05) is 59.0 Å². The fourth-order valence-electron chi connectivity index (χ4n) is 7.73. The molecule has 0 saturated heterocycles. The highest BCUT2D eigenvalue weighted by atomic mass is 32.1. The molecule has 0 radical (unpaired) electrons. The molecule has 0 aliphatic carbocycles. The summed E-state index contributed by atoms with van der Waals surface area (Å²) in [6, 6.07) is 50.8. The summed E-state index contributed by atoms with van der Waals surface area (Å²) in [5.41, 5.74) is 7.03. The van der Waals surface area contributed by atoms with Crippen molar-refractivity contribution >= 4 is 75.1 Å². The monoisotopic (exact) mass is 670 g/mol. The molecule has 0 aliphatic heterocycles. The molecule has 6 aromatic carbocycles. The lowest BCUT2D eigenvalue weighted by atomic mass is 10.1. The maximum atomic E-state index is 5.35. The summed E-state index contributed by atoms with van der Waals surface area (Å²) >= 11 is 1.83. The van der Waals surface area contributed by atoms with Gasteiger partial charge in [-0.3, -0.25) is 9.55 Å². The first kappa shape index (κ1) is 28.2. The Morgan fingerprint density at radius 2 is 1.12 bits per heavy atom. The average Bonchev–Trinajstić information content (AvgIpc) is 3.86. The van der Waals surface area contributed by atoms with Crippen LogP contribution in [0.25, 0.3) is 98.2 Å². The highest BCUT2D eigenvalue weighted by Gasteiger charge is 2.22. The van der Waals surface area contributed by atoms with Gasteiger partial charge in [-0.15, -0.1) is 11.3 Å². The molecule has 0 atom stereocenters. The second-order valence-corrected chi connectivity index (χ2v) is 13.8. The third-order valence-electron chi connectivity index (χ3n) is 9.89. The molecule has 7 heteroatoms. The normalized spacial score (nSPS) is 11.9. The van der Waals surface area contributed by atoms with Gasteiger partial charge in [-0.05, 0) is 48.5 Å². The molecule has 0 unspecified atom stereocenters. The summed E-state index contributed by atoms with van der Waals surface area (Å²) in [5, 5.41) is 7.23. The first-order valence-electron chi connectivity index (χ1n) is 16.9. The number of hydrogen-bond acceptors (Lipinski definition) is 5. The molecule has 6 nitrogen and oxygen atoms in total. The molecule has 51 heavy (non-hydrogen) atoms. The number of nitrogens with zero attached hydrogens (tertiary/aromatic N) is 6. The van der Waals surface area contributed by atoms with Crippen LogP contribution in [0.2, 0.25) is 0 Å². The van der Waals surface area contributed by atoms with E-state index in [0.29, 0.717) is 17.6 Å². The van der Waals surface area contributed by atoms with Crippen LogP contribution in [0.3, 0.4) is 0 Å². The van der Waals surface area contributed by atoms with Crippen LogP contribution in [0.5, 0.6) is 0 Å². The van der Waals surface area contributed by atoms with Gasteiger partial charge in [0.05, 0.1) is 34.0 Å². The van der Waals surface area contributed by atoms with E-state index in [9.17, 15) is 0 Å². The second-order valence-electron chi connectivity index (χ2n) is 12.7. The first-order chi connectivity index (χ1) is 25.3. The summed E-state index contributed by atoms with van der Waals surface area (Å²) < 4.78 is 7.03. The van der Waals surface area contributed by atoms with Crippen molar-refractivity contribution in [3.05, 3.63) is 158 Å². The minimum absolute atomic E-state index is 0.572. The van der Waals surface area contributed by atoms with Crippen LogP contribution < -0.4 is 0 Å². The summed E-state index contributed by atoms with van der Waals surface area (Å²) in [6.45, 7) is 0. The Morgan fingerprint density at radius 1 is 0.431 bits per heavy atom. The number of fused-ring (bicyclic) bond motifs is 10. The Morgan fingerprint density at radius 3 is 2.00 bits per heavy atom. The van der Waals surface area contributed by atoms with E-state index in [4.69, 9.17) is 15.0 Å². The molecule has 238 valence electrons. The average molecular weight is 671 g/mol. The molecule has 0 fully saturated rings. The molecule has 0 aliphatic rings. The Balaban J connectivity index is 1.23. The maximum absolute atomic E-state index is 5.35. The van der Waals surface area contributed by atoms with Crippen molar-refractivity contribution in [2.45, 2.75) is 0 Å². The molecular weight excluding hydrogens is 645 g/mol. The third-order valence-corrected chi connectivity index (χ3v) is 11.0. The van der Waals surface area contributed by atoms with E-state index >= 15 is 0 Å². The minimum atomic E-state index is 0.572. The second kappa shape index (κ2) is 10.9. The van der Waals surface area contributed by atoms with Crippen molar-refractivity contribution in [1.29, 1.82) is 0 Å². The molecule has 11 rings (SSSR count). The predicted octanol–water partition coefficient (Wildman–Crippen LogP) is 11.2. The Labute approximate surface area is 295 Å². The van der Waals surface area contributed by atoms with E-state index in [1.165, 1.54) is 36.3 Å². The lowest BCUT2D eigenvalue weighted by molar-refractivity contribution is 0.952. The quantitative estimate of drug-likeness (QED) is 0.187. The van der Waals surface area contributed by atoms with Crippen LogP contribution in [0.15, 0.2) is 158 Å². The van der Waals surface area contributed by atoms with Gasteiger partial charge in [0.25, 0.3) is 0 Å². The van der Waals surface area contributed by atoms with Crippen LogP contribution in [0.4, 0.5) is 0 Å². The number of hydrogen-bond donors (Lipinski definition) is 0. The Kier molecular flexibility index (Phi) is 6.02. The van der Waals surface area contributed by atoms with Crippen LogP contribution in [-0.4, -0.2) is 29.1 Å². The van der Waals surface area contributed by atoms with Gasteiger partial charge in [-0.25, -0.2) is 4.98 Å². The summed E-state index contributed by atoms with van der Waals surface area (Å²) in [5.74, 6) is 1.78. The molecule has 11 aromatic rings. The predicted molar refractivity (Wildman–Crippen MR) is 210 cm³/mol. The summed E-state index contributed by atoms with van der Waals surface area (Å²) in [6.07, 6.45) is 3.79. The van der Waals surface area contributed by atoms with E-state index < -0.39 is 0 Å². The zero-order valence-corrected chi connectivity index (χ0v) is 27.9. The molecule has 0 N–H and O–H groups in total. The summed E-state index contributed by atoms with van der Waals surface area (Å²) in [4.78, 5) is 20.3. The highest BCUT2D eigenvalue weighted by molar-refractivity contribution is 7.26. The standard InChI is InChI=1S/C44H26N6S/c1-2-12-27(13-3-1)42-46-43(31-16-6-10-20-35(31)49-33-18-8-4-14-28(33)29-24-25-45-26-37(29)49)48-44(47-42)50-34-19-9-5-15-30(34)40-36(50)22-23-39-41(40)32-17-7-11-21-38(32)51-39/h1-26H. The number of thiophene rings is 1. The van der Waals surface area contributed by atoms with Gasteiger partial charge in [0.1, 0.15) is 0 Å². The van der Waals surface area contributed by atoms with Crippen molar-refractivity contribution in [2.75, 3.05) is 0 Å². The smallest absolute Gasteiger partial charge is 0.238 e. The van der Waals surface area contributed by atoms with E-state index in [1.807, 2.05) is 41.9 Å². The van der Waals surface area contributed by atoms with E-state index in [1.54, 1.807) is 0 Å². The molecule has 5 heterocycles. The number of para-hydroxylation sites is 3. The van der Waals surface area contributed by atoms with Gasteiger partial charge in [-0.1, -0.05) is 97.1 Å². The van der Waals surface area contributed by atoms with Crippen molar-refractivity contribution < 1.29 is 0 Å². The minimum Gasteiger partial charge on any atom is -0.307 e. The highest BCUT2D eigenvalue weighted by Crippen LogP contribution is 2.43. The van der Waals surface area contributed by atoms with E-state index in [2.05, 4.69) is 142 Å². The van der Waals surface area contributed by atoms with Gasteiger partial charge in [-0.2, -0.15) is 9.97 Å². The fraction of sp³-hybridized carbons (Fsp3) is 0. The van der Waals surface area contributed by atoms with Gasteiger partial charge >= 0.3 is 0 Å². The zero-order valence-electron chi connectivity index (χ0n) is 27.1. The van der Waals surface area contributed by atoms with E-state index in [-0.39, 0.29) is 0 Å². The number of rotatable bonds is 4. The Hall–Kier alpha value is -6.70. The lowest BCUT2D eigenvalue weighted by Crippen LogP contribution is -2.07. The largest absolute Gasteiger partial charge is 0.307 e. The van der Waals surface area contributed by atoms with Crippen molar-refractivity contribution in [2.24, 2.45) is 0 Å². The number of benzene rings is 6. The zero-order chi connectivity index (χ0) is 33.5. The molecule has 0 bridgehead atoms. The first-order valence-corrected chi connectivity index (χ1v) is 17.7. The van der Waals surface area contributed by atoms with Crippen molar-refractivity contribution in [1.82, 2.24) is 29.1 Å². The molecule has 0 spiro atoms. The van der Waals surface area contributed by atoms with Gasteiger partial charge in [0.15, 0.2) is 11.6 Å². The van der Waals surface area contributed by atoms with Crippen molar-refractivity contribution in [3.63, 3.8) is 0 Å². The number of pyridine rings is 1. The molecule has 0 amide bonds. The topological polar surface area (TPSA) is 61.4 Å². The summed E-state index contributed by atoms with van der Waals surface area (Å²) in [7, 11) is 0. The van der Waals surface area contributed by atoms with Crippen LogP contribution in [0, 0.1) is 0 Å². The third kappa shape index (κ3) is 4.16. The van der Waals surface area contributed by atoms with Crippen LogP contribution in [-0.2, 0) is 0 Å². The van der Waals surface area contributed by atoms with Gasteiger partial charge in [0.2, 0.25) is 5.95 Å². The van der Waals surface area contributed by atoms with Gasteiger partial charge < -0.3 is 4.57 Å². The van der Waals surface area contributed by atoms with Crippen molar-refractivity contribution in [3.8, 4) is 34.4 Å². The van der Waals surface area contributed by atoms with E-state index in [0.717, 1.165) is 44.3 Å².